The fourth-order valence-electron chi connectivity index (χ4n) is 3.76. The van der Waals surface area contributed by atoms with E-state index in [4.69, 9.17) is 0 Å². The lowest BCUT2D eigenvalue weighted by Gasteiger charge is -2.15. The lowest BCUT2D eigenvalue weighted by atomic mass is 9.91. The van der Waals surface area contributed by atoms with Gasteiger partial charge >= 0.3 is 0 Å². The maximum absolute atomic E-state index is 2.48. The highest BCUT2D eigenvalue weighted by Gasteiger charge is 2.07. The van der Waals surface area contributed by atoms with Gasteiger partial charge in [0.15, 0.2) is 0 Å². The van der Waals surface area contributed by atoms with Gasteiger partial charge < -0.3 is 0 Å². The predicted molar refractivity (Wildman–Crippen MR) is 113 cm³/mol. The highest BCUT2D eigenvalue weighted by Crippen LogP contribution is 2.22. The van der Waals surface area contributed by atoms with Gasteiger partial charge in [0.2, 0.25) is 0 Å². The Balaban J connectivity index is 3.31. The summed E-state index contributed by atoms with van der Waals surface area (Å²) in [6, 6.07) is 0. The molecule has 0 saturated heterocycles. The first-order chi connectivity index (χ1) is 11.7. The summed E-state index contributed by atoms with van der Waals surface area (Å²) in [7, 11) is 0. The van der Waals surface area contributed by atoms with Crippen LogP contribution in [0.3, 0.4) is 0 Å². The van der Waals surface area contributed by atoms with Gasteiger partial charge in [0.1, 0.15) is 0 Å². The van der Waals surface area contributed by atoms with E-state index in [9.17, 15) is 0 Å². The van der Waals surface area contributed by atoms with Crippen molar-refractivity contribution >= 4 is 0 Å². The maximum Gasteiger partial charge on any atom is -0.0443 e. The van der Waals surface area contributed by atoms with Crippen LogP contribution in [0.25, 0.3) is 0 Å². The van der Waals surface area contributed by atoms with Crippen LogP contribution in [0.5, 0.6) is 0 Å². The molecule has 0 aromatic rings. The summed E-state index contributed by atoms with van der Waals surface area (Å²) in [6.45, 7) is 9.57. The van der Waals surface area contributed by atoms with Crippen molar-refractivity contribution in [1.82, 2.24) is 0 Å². The third-order valence-corrected chi connectivity index (χ3v) is 5.75. The molecule has 0 aliphatic rings. The van der Waals surface area contributed by atoms with Crippen LogP contribution in [-0.2, 0) is 0 Å². The lowest BCUT2D eigenvalue weighted by molar-refractivity contribution is 0.377. The van der Waals surface area contributed by atoms with Crippen LogP contribution >= 0.6 is 0 Å². The van der Waals surface area contributed by atoms with Crippen LogP contribution in [0.15, 0.2) is 0 Å². The average Bonchev–Trinajstić information content (AvgIpc) is 2.58. The molecule has 0 rings (SSSR count). The molecule has 0 N–H and O–H groups in total. The van der Waals surface area contributed by atoms with Crippen molar-refractivity contribution in [3.8, 4) is 0 Å². The minimum Gasteiger partial charge on any atom is -0.0654 e. The van der Waals surface area contributed by atoms with Crippen molar-refractivity contribution in [3.05, 3.63) is 0 Å². The molecule has 0 spiro atoms. The van der Waals surface area contributed by atoms with Crippen molar-refractivity contribution in [2.75, 3.05) is 0 Å². The molecule has 0 saturated carbocycles. The Kier molecular flexibility index (Phi) is 19.3. The maximum atomic E-state index is 2.48. The second-order valence-electron chi connectivity index (χ2n) is 8.61. The Hall–Kier alpha value is 0. The van der Waals surface area contributed by atoms with Crippen LogP contribution in [0, 0.1) is 11.8 Å². The first-order valence-electron chi connectivity index (χ1n) is 11.7. The van der Waals surface area contributed by atoms with Gasteiger partial charge in [0, 0.05) is 0 Å². The molecule has 0 radical (unpaired) electrons. The van der Waals surface area contributed by atoms with Crippen LogP contribution in [-0.4, -0.2) is 0 Å². The molecule has 0 aromatic heterocycles. The summed E-state index contributed by atoms with van der Waals surface area (Å²) in [6.07, 6.45) is 26.2. The van der Waals surface area contributed by atoms with Gasteiger partial charge in [0.05, 0.1) is 0 Å². The summed E-state index contributed by atoms with van der Waals surface area (Å²) in [4.78, 5) is 0. The minimum absolute atomic E-state index is 0.956. The van der Waals surface area contributed by atoms with E-state index in [1.807, 2.05) is 0 Å². The normalized spacial score (nSPS) is 14.0. The Morgan fingerprint density at radius 3 is 1.00 bits per heavy atom. The predicted octanol–water partition coefficient (Wildman–Crippen LogP) is 9.32. The van der Waals surface area contributed by atoms with E-state index >= 15 is 0 Å². The fourth-order valence-corrected chi connectivity index (χ4v) is 3.76. The number of hydrogen-bond donors (Lipinski definition) is 0. The summed E-state index contributed by atoms with van der Waals surface area (Å²) in [5.74, 6) is 1.91. The topological polar surface area (TPSA) is 0 Å². The number of unbranched alkanes of at least 4 members (excludes halogenated alkanes) is 12. The Morgan fingerprint density at radius 1 is 0.375 bits per heavy atom. The third-order valence-electron chi connectivity index (χ3n) is 5.75. The monoisotopic (exact) mass is 338 g/mol. The molecule has 0 aromatic carbocycles. The van der Waals surface area contributed by atoms with Crippen LogP contribution in [0.1, 0.15) is 143 Å². The molecule has 0 nitrogen and oxygen atoms in total. The van der Waals surface area contributed by atoms with Crippen LogP contribution in [0.2, 0.25) is 0 Å². The van der Waals surface area contributed by atoms with E-state index in [-0.39, 0.29) is 0 Å². The zero-order chi connectivity index (χ0) is 17.9. The molecule has 0 unspecified atom stereocenters. The first-order valence-corrected chi connectivity index (χ1v) is 11.7. The third kappa shape index (κ3) is 18.3. The van der Waals surface area contributed by atoms with Gasteiger partial charge in [-0.15, -0.1) is 0 Å². The van der Waals surface area contributed by atoms with Gasteiger partial charge in [0.25, 0.3) is 0 Å². The molecule has 0 aliphatic heterocycles. The highest BCUT2D eigenvalue weighted by molar-refractivity contribution is 4.60. The summed E-state index contributed by atoms with van der Waals surface area (Å²) >= 11 is 0. The molecule has 2 atom stereocenters. The zero-order valence-corrected chi connectivity index (χ0v) is 17.9. The first kappa shape index (κ1) is 24.0. The average molecular weight is 339 g/mol. The molecule has 146 valence electrons. The molecular formula is C24H50. The van der Waals surface area contributed by atoms with Crippen LogP contribution in [0.4, 0.5) is 0 Å². The molecular weight excluding hydrogens is 288 g/mol. The summed E-state index contributed by atoms with van der Waals surface area (Å²) in [5.41, 5.74) is 0. The zero-order valence-electron chi connectivity index (χ0n) is 17.9. The molecule has 0 bridgehead atoms. The van der Waals surface area contributed by atoms with Crippen molar-refractivity contribution < 1.29 is 0 Å². The second-order valence-corrected chi connectivity index (χ2v) is 8.61. The molecule has 0 heterocycles. The fraction of sp³-hybridized carbons (Fsp3) is 1.00. The summed E-state index contributed by atoms with van der Waals surface area (Å²) in [5, 5.41) is 0. The van der Waals surface area contributed by atoms with E-state index in [0.29, 0.717) is 0 Å². The van der Waals surface area contributed by atoms with Crippen LogP contribution < -0.4 is 0 Å². The SMILES string of the molecule is CCCCCCCCC[C@H](C)CC[C@@H](C)CCCCCCCCC. The standard InChI is InChI=1S/C24H50/c1-5-7-9-11-13-15-17-19-23(3)21-22-24(4)20-18-16-14-12-10-8-6-2/h23-24H,5-22H2,1-4H3/t23-,24-/m0/s1. The van der Waals surface area contributed by atoms with Gasteiger partial charge in [-0.2, -0.15) is 0 Å². The van der Waals surface area contributed by atoms with Crippen molar-refractivity contribution in [2.24, 2.45) is 11.8 Å². The van der Waals surface area contributed by atoms with Gasteiger partial charge in [-0.05, 0) is 11.8 Å². The van der Waals surface area contributed by atoms with E-state index in [2.05, 4.69) is 27.7 Å². The van der Waals surface area contributed by atoms with Gasteiger partial charge in [-0.25, -0.2) is 0 Å². The van der Waals surface area contributed by atoms with Crippen molar-refractivity contribution in [2.45, 2.75) is 143 Å². The van der Waals surface area contributed by atoms with Gasteiger partial charge in [-0.1, -0.05) is 143 Å². The minimum atomic E-state index is 0.956. The van der Waals surface area contributed by atoms with Crippen molar-refractivity contribution in [3.63, 3.8) is 0 Å². The largest absolute Gasteiger partial charge is 0.0654 e. The molecule has 0 heteroatoms. The molecule has 0 fully saturated rings. The Bertz CT molecular complexity index is 196. The quantitative estimate of drug-likeness (QED) is 0.206. The highest BCUT2D eigenvalue weighted by atomic mass is 14.1. The molecule has 24 heavy (non-hydrogen) atoms. The number of rotatable bonds is 19. The smallest absolute Gasteiger partial charge is 0.0443 e. The Labute approximate surface area is 155 Å². The second kappa shape index (κ2) is 19.3. The molecule has 0 amide bonds. The van der Waals surface area contributed by atoms with Crippen molar-refractivity contribution in [1.29, 1.82) is 0 Å². The van der Waals surface area contributed by atoms with Gasteiger partial charge in [-0.3, -0.25) is 0 Å². The lowest BCUT2D eigenvalue weighted by Crippen LogP contribution is -2.01. The van der Waals surface area contributed by atoms with E-state index in [1.165, 1.54) is 116 Å². The molecule has 0 aliphatic carbocycles. The number of hydrogen-bond acceptors (Lipinski definition) is 0. The Morgan fingerprint density at radius 2 is 0.667 bits per heavy atom. The van der Waals surface area contributed by atoms with E-state index in [0.717, 1.165) is 11.8 Å². The van der Waals surface area contributed by atoms with E-state index in [1.54, 1.807) is 0 Å². The summed E-state index contributed by atoms with van der Waals surface area (Å²) < 4.78 is 0. The van der Waals surface area contributed by atoms with E-state index < -0.39 is 0 Å².